The van der Waals surface area contributed by atoms with E-state index in [0.29, 0.717) is 16.7 Å². The SMILES string of the molecule is [2H]c1nc(-c2[c-]ccc3c2oc2ccc4nc(C(C)(C)C)sc4c23)c([2H])c([2H])c1[2H].[Ir].[c-]1ccccc1-c1ccccn1. The van der Waals surface area contributed by atoms with Crippen LogP contribution in [0.2, 0.25) is 0 Å². The molecule has 0 saturated carbocycles. The zero-order chi connectivity index (χ0) is 29.6. The Morgan fingerprint density at radius 2 is 1.77 bits per heavy atom. The molecule has 1 radical (unpaired) electrons. The van der Waals surface area contributed by atoms with Crippen LogP contribution in [0.25, 0.3) is 54.7 Å². The molecule has 3 aromatic carbocycles. The van der Waals surface area contributed by atoms with Crippen LogP contribution in [-0.4, -0.2) is 15.0 Å². The Labute approximate surface area is 250 Å². The Bertz CT molecular complexity index is 2040. The van der Waals surface area contributed by atoms with E-state index in [1.807, 2.05) is 60.7 Å². The van der Waals surface area contributed by atoms with E-state index >= 15 is 0 Å². The van der Waals surface area contributed by atoms with Crippen molar-refractivity contribution in [3.63, 3.8) is 0 Å². The van der Waals surface area contributed by atoms with Gasteiger partial charge in [-0.15, -0.1) is 65.4 Å². The third kappa shape index (κ3) is 5.41. The van der Waals surface area contributed by atoms with Gasteiger partial charge in [0.1, 0.15) is 5.58 Å². The number of aromatic nitrogens is 3. The van der Waals surface area contributed by atoms with Crippen LogP contribution in [-0.2, 0) is 25.5 Å². The van der Waals surface area contributed by atoms with Gasteiger partial charge in [-0.1, -0.05) is 55.9 Å². The number of rotatable bonds is 2. The average molecular weight is 708 g/mol. The molecule has 39 heavy (non-hydrogen) atoms. The van der Waals surface area contributed by atoms with Gasteiger partial charge in [-0.3, -0.25) is 0 Å². The van der Waals surface area contributed by atoms with Gasteiger partial charge >= 0.3 is 0 Å². The molecule has 195 valence electrons. The number of nitrogens with zero attached hydrogens (tertiary/aromatic N) is 3. The fourth-order valence-electron chi connectivity index (χ4n) is 4.13. The summed E-state index contributed by atoms with van der Waals surface area (Å²) in [5.41, 5.74) is 4.61. The van der Waals surface area contributed by atoms with Crippen LogP contribution in [0.3, 0.4) is 0 Å². The maximum atomic E-state index is 8.26. The number of fused-ring (bicyclic) bond motifs is 5. The Morgan fingerprint density at radius 1 is 0.897 bits per heavy atom. The van der Waals surface area contributed by atoms with Crippen molar-refractivity contribution in [3.05, 3.63) is 114 Å². The van der Waals surface area contributed by atoms with Crippen LogP contribution in [0.1, 0.15) is 31.3 Å². The van der Waals surface area contributed by atoms with Gasteiger partial charge in [-0.2, -0.15) is 0 Å². The molecule has 0 spiro atoms. The summed E-state index contributed by atoms with van der Waals surface area (Å²) in [6, 6.07) is 26.5. The smallest absolute Gasteiger partial charge is 0.122 e. The fraction of sp³-hybridized carbons (Fsp3) is 0.121. The average Bonchev–Trinajstić information content (AvgIpc) is 3.61. The third-order valence-corrected chi connectivity index (χ3v) is 7.46. The summed E-state index contributed by atoms with van der Waals surface area (Å²) in [5.74, 6) is 0. The van der Waals surface area contributed by atoms with Crippen LogP contribution in [0.15, 0.2) is 102 Å². The van der Waals surface area contributed by atoms with Crippen molar-refractivity contribution < 1.29 is 30.0 Å². The molecule has 0 aliphatic carbocycles. The maximum absolute atomic E-state index is 8.26. The zero-order valence-electron chi connectivity index (χ0n) is 25.4. The van der Waals surface area contributed by atoms with E-state index < -0.39 is 0 Å². The van der Waals surface area contributed by atoms with Gasteiger partial charge in [0.15, 0.2) is 0 Å². The fourth-order valence-corrected chi connectivity index (χ4v) is 5.31. The molecule has 7 aromatic rings. The molecule has 0 aliphatic rings. The molecule has 4 heterocycles. The summed E-state index contributed by atoms with van der Waals surface area (Å²) < 4.78 is 39.1. The standard InChI is InChI=1S/C22H17N2OS.C11H8N.Ir/c1-22(2,3)21-24-16-10-11-17-18(20(16)26-21)14-8-6-7-13(19(14)25-17)15-9-4-5-12-23-15;1-2-6-10(7-3-1)11-8-4-5-9-12-11;/h4-6,8-12H,1-3H3;1-6,8-9H;/q2*-1;/i4D,5D,9D,12D;;. The molecule has 0 bridgehead atoms. The van der Waals surface area contributed by atoms with Crippen molar-refractivity contribution >= 4 is 43.5 Å². The molecule has 0 N–H and O–H groups in total. The largest absolute Gasteiger partial charge is 0.501 e. The normalized spacial score (nSPS) is 12.7. The quantitative estimate of drug-likeness (QED) is 0.169. The molecule has 4 nitrogen and oxygen atoms in total. The Morgan fingerprint density at radius 3 is 2.54 bits per heavy atom. The number of hydrogen-bond donors (Lipinski definition) is 0. The molecular weight excluding hydrogens is 679 g/mol. The number of pyridine rings is 2. The summed E-state index contributed by atoms with van der Waals surface area (Å²) >= 11 is 1.65. The molecule has 0 atom stereocenters. The topological polar surface area (TPSA) is 51.8 Å². The van der Waals surface area contributed by atoms with Gasteiger partial charge in [0.2, 0.25) is 0 Å². The minimum atomic E-state index is -0.360. The summed E-state index contributed by atoms with van der Waals surface area (Å²) in [6.45, 7) is 6.41. The first kappa shape index (κ1) is 22.2. The van der Waals surface area contributed by atoms with Gasteiger partial charge in [-0.05, 0) is 35.6 Å². The summed E-state index contributed by atoms with van der Waals surface area (Å²) in [5, 5.41) is 2.84. The second-order valence-electron chi connectivity index (χ2n) is 9.69. The minimum Gasteiger partial charge on any atom is -0.501 e. The van der Waals surface area contributed by atoms with Gasteiger partial charge in [0, 0.05) is 43.3 Å². The molecule has 4 aromatic heterocycles. The third-order valence-electron chi connectivity index (χ3n) is 5.95. The molecule has 7 rings (SSSR count). The summed E-state index contributed by atoms with van der Waals surface area (Å²) in [6.07, 6.45) is 1.45. The Kier molecular flexibility index (Phi) is 6.36. The van der Waals surface area contributed by atoms with E-state index in [2.05, 4.69) is 42.9 Å². The van der Waals surface area contributed by atoms with E-state index in [4.69, 9.17) is 14.9 Å². The van der Waals surface area contributed by atoms with Gasteiger partial charge in [0.05, 0.1) is 26.3 Å². The monoisotopic (exact) mass is 708 g/mol. The second-order valence-corrected chi connectivity index (χ2v) is 10.7. The maximum Gasteiger partial charge on any atom is 0.122 e. The molecule has 0 aliphatic heterocycles. The van der Waals surface area contributed by atoms with Gasteiger partial charge in [-0.25, -0.2) is 4.98 Å². The first-order chi connectivity index (χ1) is 20.1. The minimum absolute atomic E-state index is 0. The molecule has 0 unspecified atom stereocenters. The van der Waals surface area contributed by atoms with Gasteiger partial charge in [0.25, 0.3) is 0 Å². The van der Waals surface area contributed by atoms with E-state index in [0.717, 1.165) is 37.3 Å². The van der Waals surface area contributed by atoms with Crippen molar-refractivity contribution in [1.82, 2.24) is 15.0 Å². The van der Waals surface area contributed by atoms with Crippen molar-refractivity contribution in [2.24, 2.45) is 0 Å². The van der Waals surface area contributed by atoms with Crippen molar-refractivity contribution in [3.8, 4) is 22.5 Å². The molecule has 0 saturated heterocycles. The molecule has 0 fully saturated rings. The molecule has 0 amide bonds. The van der Waals surface area contributed by atoms with Crippen LogP contribution in [0.4, 0.5) is 0 Å². The van der Waals surface area contributed by atoms with E-state index in [1.165, 1.54) is 0 Å². The van der Waals surface area contributed by atoms with E-state index in [9.17, 15) is 0 Å². The van der Waals surface area contributed by atoms with Crippen LogP contribution in [0.5, 0.6) is 0 Å². The number of hydrogen-bond acceptors (Lipinski definition) is 5. The molecular formula is C33H25IrN3OS-2. The van der Waals surface area contributed by atoms with Crippen LogP contribution < -0.4 is 0 Å². The number of thiazole rings is 1. The second kappa shape index (κ2) is 11.2. The zero-order valence-corrected chi connectivity index (χ0v) is 24.6. The Balaban J connectivity index is 0.000000238. The predicted octanol–water partition coefficient (Wildman–Crippen LogP) is 8.90. The number of furan rings is 1. The predicted molar refractivity (Wildman–Crippen MR) is 156 cm³/mol. The van der Waals surface area contributed by atoms with Crippen molar-refractivity contribution in [2.75, 3.05) is 0 Å². The first-order valence-electron chi connectivity index (χ1n) is 14.1. The van der Waals surface area contributed by atoms with Crippen molar-refractivity contribution in [1.29, 1.82) is 0 Å². The van der Waals surface area contributed by atoms with Gasteiger partial charge < -0.3 is 14.4 Å². The van der Waals surface area contributed by atoms with Crippen LogP contribution >= 0.6 is 11.3 Å². The van der Waals surface area contributed by atoms with Crippen LogP contribution in [0, 0.1) is 12.1 Å². The first-order valence-corrected chi connectivity index (χ1v) is 12.9. The van der Waals surface area contributed by atoms with Crippen molar-refractivity contribution in [2.45, 2.75) is 26.2 Å². The summed E-state index contributed by atoms with van der Waals surface area (Å²) in [7, 11) is 0. The van der Waals surface area contributed by atoms with E-state index in [1.54, 1.807) is 23.6 Å². The molecule has 6 heteroatoms. The Hall–Kier alpha value is -3.70. The number of benzene rings is 3. The summed E-state index contributed by atoms with van der Waals surface area (Å²) in [4.78, 5) is 13.1. The van der Waals surface area contributed by atoms with E-state index in [-0.39, 0.29) is 55.5 Å².